The van der Waals surface area contributed by atoms with Crippen LogP contribution in [0, 0.1) is 13.8 Å². The van der Waals surface area contributed by atoms with E-state index in [1.54, 1.807) is 7.11 Å². The smallest absolute Gasteiger partial charge is 0.341 e. The van der Waals surface area contributed by atoms with Crippen LogP contribution < -0.4 is 9.47 Å². The molecule has 174 valence electrons. The highest BCUT2D eigenvalue weighted by molar-refractivity contribution is 6.30. The summed E-state index contributed by atoms with van der Waals surface area (Å²) in [5.41, 5.74) is 6.14. The van der Waals surface area contributed by atoms with Crippen LogP contribution in [-0.4, -0.2) is 34.6 Å². The lowest BCUT2D eigenvalue weighted by atomic mass is 10.0. The molecule has 1 heterocycles. The van der Waals surface area contributed by atoms with Crippen molar-refractivity contribution in [2.45, 2.75) is 20.4 Å². The molecule has 3 aromatic carbocycles. The molecule has 4 rings (SSSR count). The van der Waals surface area contributed by atoms with Gasteiger partial charge in [0.2, 0.25) is 0 Å². The maximum atomic E-state index is 11.2. The number of benzene rings is 3. The molecule has 7 heteroatoms. The first-order valence-corrected chi connectivity index (χ1v) is 11.2. The van der Waals surface area contributed by atoms with Gasteiger partial charge in [-0.2, -0.15) is 5.10 Å². The number of rotatable bonds is 8. The van der Waals surface area contributed by atoms with Crippen molar-refractivity contribution >= 4 is 17.6 Å². The summed E-state index contributed by atoms with van der Waals surface area (Å²) in [5, 5.41) is 14.7. The van der Waals surface area contributed by atoms with E-state index in [0.717, 1.165) is 39.3 Å². The molecule has 6 nitrogen and oxygen atoms in total. The predicted octanol–water partition coefficient (Wildman–Crippen LogP) is 6.01. The minimum Gasteiger partial charge on any atom is -0.496 e. The minimum absolute atomic E-state index is 0.428. The van der Waals surface area contributed by atoms with Crippen LogP contribution in [-0.2, 0) is 11.3 Å². The Balaban J connectivity index is 1.86. The molecule has 0 spiro atoms. The first-order valence-electron chi connectivity index (χ1n) is 10.8. The van der Waals surface area contributed by atoms with Gasteiger partial charge < -0.3 is 14.6 Å². The molecule has 0 unspecified atom stereocenters. The number of halogens is 1. The summed E-state index contributed by atoms with van der Waals surface area (Å²) >= 11 is 6.12. The number of hydrogen-bond acceptors (Lipinski definition) is 4. The third kappa shape index (κ3) is 5.07. The lowest BCUT2D eigenvalue weighted by Gasteiger charge is -2.13. The van der Waals surface area contributed by atoms with E-state index in [0.29, 0.717) is 23.0 Å². The number of carboxylic acids is 1. The second-order valence-corrected chi connectivity index (χ2v) is 8.47. The molecule has 0 atom stereocenters. The molecule has 0 fully saturated rings. The molecule has 34 heavy (non-hydrogen) atoms. The average Bonchev–Trinajstić information content (AvgIpc) is 3.22. The van der Waals surface area contributed by atoms with Crippen LogP contribution in [0.5, 0.6) is 11.5 Å². The van der Waals surface area contributed by atoms with Gasteiger partial charge in [-0.3, -0.25) is 4.68 Å². The first-order chi connectivity index (χ1) is 16.4. The summed E-state index contributed by atoms with van der Waals surface area (Å²) in [6.07, 6.45) is 0. The van der Waals surface area contributed by atoms with Crippen LogP contribution in [0.15, 0.2) is 66.7 Å². The van der Waals surface area contributed by atoms with Crippen molar-refractivity contribution < 1.29 is 19.4 Å². The molecule has 0 saturated carbocycles. The molecular formula is C27H25ClN2O4. The van der Waals surface area contributed by atoms with Crippen molar-refractivity contribution in [1.29, 1.82) is 0 Å². The number of hydrogen-bond donors (Lipinski definition) is 1. The number of carbonyl (C=O) groups is 1. The minimum atomic E-state index is -1.03. The van der Waals surface area contributed by atoms with E-state index in [4.69, 9.17) is 31.3 Å². The van der Waals surface area contributed by atoms with Crippen LogP contribution in [0.4, 0.5) is 0 Å². The summed E-state index contributed by atoms with van der Waals surface area (Å²) in [7, 11) is 1.65. The average molecular weight is 477 g/mol. The van der Waals surface area contributed by atoms with E-state index < -0.39 is 12.6 Å². The SMILES string of the molecule is COc1ccccc1Cn1nc(-c2cc(C)cc(C)c2OCC(=O)O)cc1-c1ccc(Cl)cc1. The van der Waals surface area contributed by atoms with Crippen molar-refractivity contribution in [2.24, 2.45) is 0 Å². The van der Waals surface area contributed by atoms with E-state index in [1.165, 1.54) is 0 Å². The molecule has 1 N–H and O–H groups in total. The quantitative estimate of drug-likeness (QED) is 0.337. The Bertz CT molecular complexity index is 1330. The van der Waals surface area contributed by atoms with Gasteiger partial charge in [-0.05, 0) is 60.9 Å². The molecule has 1 aromatic heterocycles. The molecule has 0 aliphatic rings. The van der Waals surface area contributed by atoms with Gasteiger partial charge in [-0.1, -0.05) is 48.0 Å². The van der Waals surface area contributed by atoms with E-state index in [2.05, 4.69) is 0 Å². The molecule has 0 aliphatic carbocycles. The van der Waals surface area contributed by atoms with Gasteiger partial charge in [0.1, 0.15) is 11.5 Å². The van der Waals surface area contributed by atoms with Crippen LogP contribution in [0.3, 0.4) is 0 Å². The summed E-state index contributed by atoms with van der Waals surface area (Å²) in [6, 6.07) is 21.3. The Kier molecular flexibility index (Phi) is 6.89. The van der Waals surface area contributed by atoms with Gasteiger partial charge in [0.15, 0.2) is 6.61 Å². The van der Waals surface area contributed by atoms with Crippen molar-refractivity contribution in [3.63, 3.8) is 0 Å². The van der Waals surface area contributed by atoms with Crippen molar-refractivity contribution in [2.75, 3.05) is 13.7 Å². The monoisotopic (exact) mass is 476 g/mol. The van der Waals surface area contributed by atoms with Crippen molar-refractivity contribution in [3.8, 4) is 34.0 Å². The Labute approximate surface area is 203 Å². The summed E-state index contributed by atoms with van der Waals surface area (Å²) in [6.45, 7) is 3.95. The summed E-state index contributed by atoms with van der Waals surface area (Å²) in [5.74, 6) is 0.255. The fraction of sp³-hybridized carbons (Fsp3) is 0.185. The highest BCUT2D eigenvalue weighted by atomic mass is 35.5. The maximum Gasteiger partial charge on any atom is 0.341 e. The standard InChI is InChI=1S/C27H25ClN2O4/c1-17-12-18(2)27(34-16-26(31)32)22(13-17)23-14-24(19-8-10-21(28)11-9-19)30(29-23)15-20-6-4-5-7-25(20)33-3/h4-14H,15-16H2,1-3H3,(H,31,32). The second kappa shape index (κ2) is 10.0. The maximum absolute atomic E-state index is 11.2. The van der Waals surface area contributed by atoms with E-state index in [-0.39, 0.29) is 0 Å². The van der Waals surface area contributed by atoms with Gasteiger partial charge >= 0.3 is 5.97 Å². The van der Waals surface area contributed by atoms with Gasteiger partial charge in [-0.25, -0.2) is 4.79 Å². The summed E-state index contributed by atoms with van der Waals surface area (Å²) < 4.78 is 13.1. The zero-order valence-electron chi connectivity index (χ0n) is 19.2. The third-order valence-corrected chi connectivity index (χ3v) is 5.72. The fourth-order valence-electron chi connectivity index (χ4n) is 3.99. The third-order valence-electron chi connectivity index (χ3n) is 5.47. The Hall–Kier alpha value is -3.77. The topological polar surface area (TPSA) is 73.6 Å². The van der Waals surface area contributed by atoms with Gasteiger partial charge in [-0.15, -0.1) is 0 Å². The number of carboxylic acid groups (broad SMARTS) is 1. The predicted molar refractivity (Wildman–Crippen MR) is 133 cm³/mol. The largest absolute Gasteiger partial charge is 0.496 e. The zero-order valence-corrected chi connectivity index (χ0v) is 20.0. The second-order valence-electron chi connectivity index (χ2n) is 8.03. The number of aliphatic carboxylic acids is 1. The lowest BCUT2D eigenvalue weighted by molar-refractivity contribution is -0.139. The Morgan fingerprint density at radius 3 is 2.50 bits per heavy atom. The molecule has 0 bridgehead atoms. The Morgan fingerprint density at radius 2 is 1.79 bits per heavy atom. The van der Waals surface area contributed by atoms with Gasteiger partial charge in [0.05, 0.1) is 25.0 Å². The number of aromatic nitrogens is 2. The molecule has 0 amide bonds. The number of nitrogens with zero attached hydrogens (tertiary/aromatic N) is 2. The molecular weight excluding hydrogens is 452 g/mol. The van der Waals surface area contributed by atoms with E-state index >= 15 is 0 Å². The van der Waals surface area contributed by atoms with Crippen LogP contribution in [0.1, 0.15) is 16.7 Å². The number of ether oxygens (including phenoxy) is 2. The van der Waals surface area contributed by atoms with Gasteiger partial charge in [0.25, 0.3) is 0 Å². The molecule has 0 radical (unpaired) electrons. The van der Waals surface area contributed by atoms with Gasteiger partial charge in [0, 0.05) is 16.1 Å². The van der Waals surface area contributed by atoms with Crippen LogP contribution >= 0.6 is 11.6 Å². The fourth-order valence-corrected chi connectivity index (χ4v) is 4.11. The normalized spacial score (nSPS) is 10.8. The lowest BCUT2D eigenvalue weighted by Crippen LogP contribution is -2.11. The van der Waals surface area contributed by atoms with E-state index in [9.17, 15) is 4.79 Å². The van der Waals surface area contributed by atoms with Crippen molar-refractivity contribution in [3.05, 3.63) is 88.4 Å². The van der Waals surface area contributed by atoms with Crippen molar-refractivity contribution in [1.82, 2.24) is 9.78 Å². The zero-order chi connectivity index (χ0) is 24.2. The van der Waals surface area contributed by atoms with E-state index in [1.807, 2.05) is 85.3 Å². The number of para-hydroxylation sites is 1. The molecule has 4 aromatic rings. The van der Waals surface area contributed by atoms with Crippen LogP contribution in [0.25, 0.3) is 22.5 Å². The Morgan fingerprint density at radius 1 is 1.06 bits per heavy atom. The summed E-state index contributed by atoms with van der Waals surface area (Å²) in [4.78, 5) is 11.2. The molecule has 0 aliphatic heterocycles. The highest BCUT2D eigenvalue weighted by Gasteiger charge is 2.19. The number of aryl methyl sites for hydroxylation is 2. The highest BCUT2D eigenvalue weighted by Crippen LogP contribution is 2.36. The number of methoxy groups -OCH3 is 1. The first kappa shape index (κ1) is 23.4. The molecule has 0 saturated heterocycles. The van der Waals surface area contributed by atoms with Crippen LogP contribution in [0.2, 0.25) is 5.02 Å².